The van der Waals surface area contributed by atoms with Crippen molar-refractivity contribution >= 4 is 11.9 Å². The summed E-state index contributed by atoms with van der Waals surface area (Å²) in [5.74, 6) is 0.491. The third-order valence-corrected chi connectivity index (χ3v) is 1.54. The van der Waals surface area contributed by atoms with Gasteiger partial charge in [-0.2, -0.15) is 0 Å². The molecule has 2 heteroatoms. The predicted molar refractivity (Wildman–Crippen MR) is 50.5 cm³/mol. The van der Waals surface area contributed by atoms with E-state index in [4.69, 9.17) is 5.41 Å². The molecular formula is C9H16N2. The predicted octanol–water partition coefficient (Wildman–Crippen LogP) is 2.66. The lowest BCUT2D eigenvalue weighted by Gasteiger charge is -2.00. The van der Waals surface area contributed by atoms with Crippen molar-refractivity contribution in [2.45, 2.75) is 27.7 Å². The first kappa shape index (κ1) is 10.1. The third kappa shape index (κ3) is 4.48. The van der Waals surface area contributed by atoms with E-state index in [9.17, 15) is 0 Å². The van der Waals surface area contributed by atoms with Gasteiger partial charge in [-0.15, -0.1) is 0 Å². The first-order chi connectivity index (χ1) is 5.07. The van der Waals surface area contributed by atoms with Crippen LogP contribution in [0.2, 0.25) is 0 Å². The molecule has 0 unspecified atom stereocenters. The Morgan fingerprint density at radius 1 is 1.36 bits per heavy atom. The number of hydrogen-bond acceptors (Lipinski definition) is 2. The van der Waals surface area contributed by atoms with Crippen LogP contribution in [0.4, 0.5) is 0 Å². The van der Waals surface area contributed by atoms with Gasteiger partial charge >= 0.3 is 0 Å². The van der Waals surface area contributed by atoms with E-state index >= 15 is 0 Å². The minimum absolute atomic E-state index is 0.491. The van der Waals surface area contributed by atoms with Crippen LogP contribution in [-0.2, 0) is 0 Å². The first-order valence-electron chi connectivity index (χ1n) is 3.79. The van der Waals surface area contributed by atoms with Crippen molar-refractivity contribution in [2.24, 2.45) is 10.9 Å². The van der Waals surface area contributed by atoms with E-state index < -0.39 is 0 Å². The summed E-state index contributed by atoms with van der Waals surface area (Å²) in [6, 6.07) is 0. The molecule has 0 aromatic carbocycles. The van der Waals surface area contributed by atoms with Crippen molar-refractivity contribution in [3.05, 3.63) is 11.8 Å². The normalized spacial score (nSPS) is 13.9. The lowest BCUT2D eigenvalue weighted by atomic mass is 10.1. The molecule has 62 valence electrons. The van der Waals surface area contributed by atoms with E-state index in [0.717, 1.165) is 11.3 Å². The number of rotatable bonds is 3. The first-order valence-corrected chi connectivity index (χ1v) is 3.79. The summed E-state index contributed by atoms with van der Waals surface area (Å²) < 4.78 is 0. The molecule has 0 aromatic heterocycles. The van der Waals surface area contributed by atoms with E-state index in [1.165, 1.54) is 6.21 Å². The zero-order valence-electron chi connectivity index (χ0n) is 7.68. The van der Waals surface area contributed by atoms with Gasteiger partial charge in [0.15, 0.2) is 0 Å². The fourth-order valence-electron chi connectivity index (χ4n) is 0.390. The van der Waals surface area contributed by atoms with Crippen molar-refractivity contribution in [1.29, 1.82) is 5.41 Å². The fourth-order valence-corrected chi connectivity index (χ4v) is 0.390. The quantitative estimate of drug-likeness (QED) is 0.604. The van der Waals surface area contributed by atoms with Crippen LogP contribution >= 0.6 is 0 Å². The average molecular weight is 152 g/mol. The standard InChI is InChI=1S/C9H16N2/c1-7(2)9(4)11-6-8(3)5-10/h5-7,10H,1-4H3/b8-6-,10-5?,11-9?. The Hall–Kier alpha value is -0.920. The molecule has 0 atom stereocenters. The highest BCUT2D eigenvalue weighted by atomic mass is 14.7. The number of aliphatic imine (C=N–C) groups is 1. The molecule has 0 aliphatic rings. The summed E-state index contributed by atoms with van der Waals surface area (Å²) >= 11 is 0. The monoisotopic (exact) mass is 152 g/mol. The Morgan fingerprint density at radius 3 is 2.27 bits per heavy atom. The molecule has 0 aliphatic carbocycles. The topological polar surface area (TPSA) is 36.2 Å². The van der Waals surface area contributed by atoms with Crippen molar-refractivity contribution in [2.75, 3.05) is 0 Å². The molecule has 0 aromatic rings. The highest BCUT2D eigenvalue weighted by molar-refractivity contribution is 5.85. The Labute approximate surface area is 68.5 Å². The smallest absolute Gasteiger partial charge is 0.0311 e. The molecule has 0 rings (SSSR count). The summed E-state index contributed by atoms with van der Waals surface area (Å²) in [6.07, 6.45) is 3.03. The summed E-state index contributed by atoms with van der Waals surface area (Å²) in [7, 11) is 0. The van der Waals surface area contributed by atoms with E-state index in [1.807, 2.05) is 13.8 Å². The van der Waals surface area contributed by atoms with Gasteiger partial charge in [-0.1, -0.05) is 13.8 Å². The lowest BCUT2D eigenvalue weighted by molar-refractivity contribution is 0.878. The van der Waals surface area contributed by atoms with E-state index in [-0.39, 0.29) is 0 Å². The van der Waals surface area contributed by atoms with Gasteiger partial charge in [0, 0.05) is 18.1 Å². The van der Waals surface area contributed by atoms with Gasteiger partial charge in [0.05, 0.1) is 0 Å². The van der Waals surface area contributed by atoms with E-state index in [0.29, 0.717) is 5.92 Å². The average Bonchev–Trinajstić information content (AvgIpc) is 1.99. The number of nitrogens with one attached hydrogen (secondary N) is 1. The Morgan fingerprint density at radius 2 is 1.91 bits per heavy atom. The molecular weight excluding hydrogens is 136 g/mol. The molecule has 0 fully saturated rings. The van der Waals surface area contributed by atoms with Crippen LogP contribution in [0.25, 0.3) is 0 Å². The minimum Gasteiger partial charge on any atom is -0.308 e. The second-order valence-electron chi connectivity index (χ2n) is 2.94. The molecule has 0 heterocycles. The number of hydrogen-bond donors (Lipinski definition) is 1. The fraction of sp³-hybridized carbons (Fsp3) is 0.556. The molecule has 0 radical (unpaired) electrons. The van der Waals surface area contributed by atoms with Gasteiger partial charge in [-0.25, -0.2) is 0 Å². The zero-order chi connectivity index (χ0) is 8.85. The largest absolute Gasteiger partial charge is 0.308 e. The van der Waals surface area contributed by atoms with Crippen LogP contribution in [0.3, 0.4) is 0 Å². The van der Waals surface area contributed by atoms with Gasteiger partial charge in [0.2, 0.25) is 0 Å². The van der Waals surface area contributed by atoms with Crippen molar-refractivity contribution in [3.8, 4) is 0 Å². The van der Waals surface area contributed by atoms with Crippen molar-refractivity contribution < 1.29 is 0 Å². The van der Waals surface area contributed by atoms with Crippen molar-refractivity contribution in [1.82, 2.24) is 0 Å². The molecule has 2 nitrogen and oxygen atoms in total. The van der Waals surface area contributed by atoms with E-state index in [1.54, 1.807) is 6.20 Å². The molecule has 0 saturated carbocycles. The second kappa shape index (κ2) is 4.83. The second-order valence-corrected chi connectivity index (χ2v) is 2.94. The maximum absolute atomic E-state index is 6.90. The third-order valence-electron chi connectivity index (χ3n) is 1.54. The molecule has 1 N–H and O–H groups in total. The van der Waals surface area contributed by atoms with Gasteiger partial charge < -0.3 is 5.41 Å². The zero-order valence-corrected chi connectivity index (χ0v) is 7.68. The Kier molecular flexibility index (Phi) is 4.42. The van der Waals surface area contributed by atoms with Crippen LogP contribution in [0.15, 0.2) is 16.8 Å². The van der Waals surface area contributed by atoms with Gasteiger partial charge in [0.1, 0.15) is 0 Å². The Balaban J connectivity index is 4.22. The molecule has 11 heavy (non-hydrogen) atoms. The van der Waals surface area contributed by atoms with Gasteiger partial charge in [-0.3, -0.25) is 4.99 Å². The number of allylic oxidation sites excluding steroid dienone is 1. The molecule has 0 aliphatic heterocycles. The molecule has 0 amide bonds. The summed E-state index contributed by atoms with van der Waals surface area (Å²) in [6.45, 7) is 8.07. The molecule has 0 spiro atoms. The van der Waals surface area contributed by atoms with Crippen LogP contribution in [0.1, 0.15) is 27.7 Å². The van der Waals surface area contributed by atoms with Gasteiger partial charge in [-0.05, 0) is 25.3 Å². The maximum Gasteiger partial charge on any atom is 0.0311 e. The molecule has 0 bridgehead atoms. The lowest BCUT2D eigenvalue weighted by Crippen LogP contribution is -2.00. The number of nitrogens with zero attached hydrogens (tertiary/aromatic N) is 1. The van der Waals surface area contributed by atoms with Gasteiger partial charge in [0.25, 0.3) is 0 Å². The SMILES string of the molecule is CC(=N/C=C(/C)C=N)C(C)C. The van der Waals surface area contributed by atoms with Crippen LogP contribution in [0.5, 0.6) is 0 Å². The van der Waals surface area contributed by atoms with Crippen molar-refractivity contribution in [3.63, 3.8) is 0 Å². The molecule has 0 saturated heterocycles. The minimum atomic E-state index is 0.491. The highest BCUT2D eigenvalue weighted by Crippen LogP contribution is 1.97. The van der Waals surface area contributed by atoms with Crippen LogP contribution < -0.4 is 0 Å². The summed E-state index contributed by atoms with van der Waals surface area (Å²) in [5, 5.41) is 6.90. The van der Waals surface area contributed by atoms with Crippen LogP contribution in [-0.4, -0.2) is 11.9 Å². The summed E-state index contributed by atoms with van der Waals surface area (Å²) in [5.41, 5.74) is 1.98. The maximum atomic E-state index is 6.90. The Bertz CT molecular complexity index is 188. The highest BCUT2D eigenvalue weighted by Gasteiger charge is 1.94. The van der Waals surface area contributed by atoms with E-state index in [2.05, 4.69) is 18.8 Å². The van der Waals surface area contributed by atoms with Crippen LogP contribution in [0, 0.1) is 11.3 Å². The summed E-state index contributed by atoms with van der Waals surface area (Å²) in [4.78, 5) is 4.20.